The van der Waals surface area contributed by atoms with Gasteiger partial charge in [0.2, 0.25) is 12.4 Å². The fourth-order valence-electron chi connectivity index (χ4n) is 4.53. The Morgan fingerprint density at radius 2 is 1.62 bits per heavy atom. The van der Waals surface area contributed by atoms with Crippen molar-refractivity contribution in [1.82, 2.24) is 20.2 Å². The van der Waals surface area contributed by atoms with Crippen molar-refractivity contribution in [2.75, 3.05) is 50.6 Å². The summed E-state index contributed by atoms with van der Waals surface area (Å²) >= 11 is 0. The lowest BCUT2D eigenvalue weighted by atomic mass is 10.1. The van der Waals surface area contributed by atoms with E-state index in [9.17, 15) is 18.0 Å². The molecule has 2 aliphatic heterocycles. The fraction of sp³-hybridized carbons (Fsp3) is 0.452. The molecular weight excluding hydrogens is 545 g/mol. The third kappa shape index (κ3) is 11.2. The molecule has 0 saturated carbocycles. The molecule has 2 N–H and O–H groups in total. The first-order chi connectivity index (χ1) is 20.2. The number of piperidine rings is 1. The number of carbonyl (C=O) groups is 1. The van der Waals surface area contributed by atoms with Gasteiger partial charge < -0.3 is 25.2 Å². The maximum absolute atomic E-state index is 13.0. The standard InChI is InChI=1S/C17H19F3N4O.C9H11NO.C5H11N/c1-25-14-10-12(17(18,19)20)9-13(11-14)22-16-21-6-5-15(23-16)24-7-3-2-4-8-24;1-8-2-4-9(5-3-8)6-10-7-11;1-6-4-2-3-5-6/h5-6,9-11H,2-4,7-8H2,1H3,(H,21,22,23);2-5,7H,6H2,1H3,(H,10,11);2-5H2,1H3. The van der Waals surface area contributed by atoms with Crippen LogP contribution in [0.25, 0.3) is 0 Å². The number of carbonyl (C=O) groups excluding carboxylic acids is 1. The maximum Gasteiger partial charge on any atom is 0.416 e. The number of hydrogen-bond acceptors (Lipinski definition) is 7. The lowest BCUT2D eigenvalue weighted by molar-refractivity contribution is -0.137. The van der Waals surface area contributed by atoms with E-state index in [0.717, 1.165) is 49.4 Å². The van der Waals surface area contributed by atoms with Crippen LogP contribution in [0, 0.1) is 6.92 Å². The number of nitrogens with one attached hydrogen (secondary N) is 2. The molecule has 2 aromatic carbocycles. The van der Waals surface area contributed by atoms with E-state index < -0.39 is 11.7 Å². The van der Waals surface area contributed by atoms with Crippen molar-refractivity contribution in [2.24, 2.45) is 0 Å². The average Bonchev–Trinajstić information content (AvgIpc) is 3.48. The quantitative estimate of drug-likeness (QED) is 0.320. The smallest absolute Gasteiger partial charge is 0.416 e. The summed E-state index contributed by atoms with van der Waals surface area (Å²) in [5.74, 6) is 1.14. The van der Waals surface area contributed by atoms with Crippen molar-refractivity contribution < 1.29 is 22.7 Å². The summed E-state index contributed by atoms with van der Waals surface area (Å²) in [6.07, 6.45) is 4.10. The van der Waals surface area contributed by atoms with Gasteiger partial charge in [-0.1, -0.05) is 29.8 Å². The molecule has 2 aliphatic rings. The molecule has 0 radical (unpaired) electrons. The molecule has 3 aromatic rings. The summed E-state index contributed by atoms with van der Waals surface area (Å²) < 4.78 is 44.0. The molecule has 0 spiro atoms. The Bertz CT molecular complexity index is 1230. The van der Waals surface area contributed by atoms with Crippen molar-refractivity contribution in [3.8, 4) is 5.75 Å². The lowest BCUT2D eigenvalue weighted by Crippen LogP contribution is -2.30. The van der Waals surface area contributed by atoms with Crippen molar-refractivity contribution in [3.63, 3.8) is 0 Å². The van der Waals surface area contributed by atoms with Crippen LogP contribution in [-0.2, 0) is 17.5 Å². The Hall–Kier alpha value is -3.86. The molecule has 0 atom stereocenters. The van der Waals surface area contributed by atoms with E-state index in [0.29, 0.717) is 13.0 Å². The third-order valence-electron chi connectivity index (χ3n) is 6.89. The highest BCUT2D eigenvalue weighted by molar-refractivity contribution is 5.59. The first-order valence-corrected chi connectivity index (χ1v) is 14.2. The third-order valence-corrected chi connectivity index (χ3v) is 6.89. The molecule has 1 amide bonds. The number of ether oxygens (including phenoxy) is 1. The van der Waals surface area contributed by atoms with E-state index in [1.807, 2.05) is 37.3 Å². The number of anilines is 3. The lowest BCUT2D eigenvalue weighted by Gasteiger charge is -2.27. The van der Waals surface area contributed by atoms with Crippen LogP contribution in [0.5, 0.6) is 5.75 Å². The number of aryl methyl sites for hydroxylation is 1. The molecule has 228 valence electrons. The average molecular weight is 587 g/mol. The van der Waals surface area contributed by atoms with Crippen molar-refractivity contribution >= 4 is 23.9 Å². The van der Waals surface area contributed by atoms with Gasteiger partial charge in [0.05, 0.1) is 12.7 Å². The van der Waals surface area contributed by atoms with Crippen LogP contribution in [0.1, 0.15) is 48.8 Å². The first kappa shape index (κ1) is 32.7. The SMILES string of the molecule is CN1CCCC1.COc1cc(Nc2nccc(N3CCCCC3)n2)cc(C(F)(F)F)c1.Cc1ccc(CNC=O)cc1. The summed E-state index contributed by atoms with van der Waals surface area (Å²) in [6, 6.07) is 13.3. The number of aromatic nitrogens is 2. The Morgan fingerprint density at radius 3 is 2.19 bits per heavy atom. The Kier molecular flexibility index (Phi) is 12.9. The predicted molar refractivity (Wildman–Crippen MR) is 160 cm³/mol. The first-order valence-electron chi connectivity index (χ1n) is 14.2. The molecule has 2 fully saturated rings. The van der Waals surface area contributed by atoms with Crippen LogP contribution in [-0.4, -0.2) is 61.6 Å². The van der Waals surface area contributed by atoms with Gasteiger partial charge in [-0.15, -0.1) is 0 Å². The van der Waals surface area contributed by atoms with Crippen LogP contribution in [0.3, 0.4) is 0 Å². The second-order valence-electron chi connectivity index (χ2n) is 10.4. The van der Waals surface area contributed by atoms with Gasteiger partial charge in [0.1, 0.15) is 11.6 Å². The van der Waals surface area contributed by atoms with Gasteiger partial charge in [0.15, 0.2) is 0 Å². The molecule has 3 heterocycles. The van der Waals surface area contributed by atoms with Crippen LogP contribution in [0.2, 0.25) is 0 Å². The molecule has 2 saturated heterocycles. The van der Waals surface area contributed by atoms with E-state index in [1.54, 1.807) is 6.20 Å². The molecule has 5 rings (SSSR count). The molecule has 1 aromatic heterocycles. The summed E-state index contributed by atoms with van der Waals surface area (Å²) in [7, 11) is 3.50. The highest BCUT2D eigenvalue weighted by Crippen LogP contribution is 2.34. The van der Waals surface area contributed by atoms with Gasteiger partial charge in [0.25, 0.3) is 0 Å². The number of methoxy groups -OCH3 is 1. The molecule has 8 nitrogen and oxygen atoms in total. The minimum Gasteiger partial charge on any atom is -0.497 e. The number of nitrogens with zero attached hydrogens (tertiary/aromatic N) is 4. The number of alkyl halides is 3. The fourth-order valence-corrected chi connectivity index (χ4v) is 4.53. The summed E-state index contributed by atoms with van der Waals surface area (Å²) in [5, 5.41) is 5.45. The van der Waals surface area contributed by atoms with Gasteiger partial charge in [0, 0.05) is 37.6 Å². The van der Waals surface area contributed by atoms with E-state index in [4.69, 9.17) is 4.74 Å². The zero-order chi connectivity index (χ0) is 30.4. The summed E-state index contributed by atoms with van der Waals surface area (Å²) in [4.78, 5) is 23.0. The van der Waals surface area contributed by atoms with Crippen LogP contribution in [0.15, 0.2) is 54.7 Å². The second-order valence-corrected chi connectivity index (χ2v) is 10.4. The normalized spacial score (nSPS) is 15.0. The monoisotopic (exact) mass is 586 g/mol. The summed E-state index contributed by atoms with van der Waals surface area (Å²) in [6.45, 7) is 7.14. The van der Waals surface area contributed by atoms with Gasteiger partial charge in [-0.3, -0.25) is 4.79 Å². The molecule has 11 heteroatoms. The Balaban J connectivity index is 0.000000232. The highest BCUT2D eigenvalue weighted by Gasteiger charge is 2.31. The van der Waals surface area contributed by atoms with E-state index in [2.05, 4.69) is 37.4 Å². The number of benzene rings is 2. The van der Waals surface area contributed by atoms with Crippen LogP contribution >= 0.6 is 0 Å². The number of halogens is 3. The largest absolute Gasteiger partial charge is 0.497 e. The van der Waals surface area contributed by atoms with Crippen LogP contribution < -0.4 is 20.3 Å². The predicted octanol–water partition coefficient (Wildman–Crippen LogP) is 6.19. The molecule has 0 bridgehead atoms. The summed E-state index contributed by atoms with van der Waals surface area (Å²) in [5.41, 5.74) is 1.80. The zero-order valence-corrected chi connectivity index (χ0v) is 24.6. The molecule has 42 heavy (non-hydrogen) atoms. The van der Waals surface area contributed by atoms with Gasteiger partial charge in [-0.25, -0.2) is 4.98 Å². The number of amides is 1. The van der Waals surface area contributed by atoms with Gasteiger partial charge >= 0.3 is 6.18 Å². The van der Waals surface area contributed by atoms with E-state index in [1.165, 1.54) is 51.1 Å². The highest BCUT2D eigenvalue weighted by atomic mass is 19.4. The number of likely N-dealkylation sites (tertiary alicyclic amines) is 1. The molecular formula is C31H41F3N6O2. The molecule has 0 unspecified atom stereocenters. The van der Waals surface area contributed by atoms with Gasteiger partial charge in [-0.2, -0.15) is 18.2 Å². The number of rotatable bonds is 7. The zero-order valence-electron chi connectivity index (χ0n) is 24.6. The second kappa shape index (κ2) is 16.5. The maximum atomic E-state index is 13.0. The molecule has 0 aliphatic carbocycles. The van der Waals surface area contributed by atoms with Crippen molar-refractivity contribution in [1.29, 1.82) is 0 Å². The number of hydrogen-bond donors (Lipinski definition) is 2. The van der Waals surface area contributed by atoms with Crippen LogP contribution in [0.4, 0.5) is 30.6 Å². The van der Waals surface area contributed by atoms with Crippen molar-refractivity contribution in [2.45, 2.75) is 51.7 Å². The topological polar surface area (TPSA) is 82.6 Å². The minimum atomic E-state index is -4.46. The van der Waals surface area contributed by atoms with E-state index >= 15 is 0 Å². The minimum absolute atomic E-state index is 0.115. The van der Waals surface area contributed by atoms with E-state index in [-0.39, 0.29) is 17.4 Å². The Labute approximate surface area is 246 Å². The Morgan fingerprint density at radius 1 is 0.952 bits per heavy atom. The van der Waals surface area contributed by atoms with Crippen molar-refractivity contribution in [3.05, 3.63) is 71.4 Å². The van der Waals surface area contributed by atoms with Gasteiger partial charge in [-0.05, 0) is 82.9 Å².